The van der Waals surface area contributed by atoms with Gasteiger partial charge in [0.05, 0.1) is 23.4 Å². The fourth-order valence-corrected chi connectivity index (χ4v) is 6.88. The molecule has 12 heteroatoms. The number of hydrogen-bond donors (Lipinski definition) is 3. The highest BCUT2D eigenvalue weighted by atomic mass is 16.2. The lowest BCUT2D eigenvalue weighted by atomic mass is 9.75. The smallest absolute Gasteiger partial charge is 0.264 e. The van der Waals surface area contributed by atoms with Gasteiger partial charge in [-0.2, -0.15) is 5.10 Å². The highest BCUT2D eigenvalue weighted by Gasteiger charge is 2.47. The number of piperidine rings is 2. The topological polar surface area (TPSA) is 146 Å². The van der Waals surface area contributed by atoms with E-state index in [1.165, 1.54) is 0 Å². The largest absolute Gasteiger partial charge is 0.380 e. The molecule has 1 unspecified atom stereocenters. The molecule has 4 aliphatic rings. The van der Waals surface area contributed by atoms with Gasteiger partial charge < -0.3 is 15.5 Å². The number of nitrogens with one attached hydrogen (secondary N) is 3. The average Bonchev–Trinajstić information content (AvgIpc) is 3.61. The summed E-state index contributed by atoms with van der Waals surface area (Å²) >= 11 is 0. The summed E-state index contributed by atoms with van der Waals surface area (Å²) in [5.74, 6) is -1.95. The molecule has 0 radical (unpaired) electrons. The number of likely N-dealkylation sites (tertiary alicyclic amines) is 1. The van der Waals surface area contributed by atoms with E-state index in [9.17, 15) is 24.0 Å². The van der Waals surface area contributed by atoms with Gasteiger partial charge in [-0.05, 0) is 62.8 Å². The fourth-order valence-electron chi connectivity index (χ4n) is 6.88. The zero-order chi connectivity index (χ0) is 31.1. The molecule has 5 amide bonds. The summed E-state index contributed by atoms with van der Waals surface area (Å²) in [5, 5.41) is 13.6. The lowest BCUT2D eigenvalue weighted by Crippen LogP contribution is -2.59. The van der Waals surface area contributed by atoms with Gasteiger partial charge in [0.15, 0.2) is 0 Å². The molecule has 3 aliphatic heterocycles. The molecular formula is C33H35N7O5. The minimum atomic E-state index is -1.01. The third-order valence-corrected chi connectivity index (χ3v) is 9.51. The molecule has 12 nitrogen and oxygen atoms in total. The minimum absolute atomic E-state index is 0.0699. The molecule has 7 rings (SSSR count). The predicted octanol–water partition coefficient (Wildman–Crippen LogP) is 3.09. The fraction of sp³-hybridized carbons (Fsp3) is 0.394. The number of rotatable bonds is 8. The Morgan fingerprint density at radius 1 is 0.956 bits per heavy atom. The van der Waals surface area contributed by atoms with E-state index >= 15 is 0 Å². The predicted molar refractivity (Wildman–Crippen MR) is 164 cm³/mol. The number of para-hydroxylation sites is 1. The van der Waals surface area contributed by atoms with Crippen LogP contribution < -0.4 is 16.0 Å². The summed E-state index contributed by atoms with van der Waals surface area (Å²) in [4.78, 5) is 67.1. The van der Waals surface area contributed by atoms with E-state index in [0.717, 1.165) is 48.3 Å². The Labute approximate surface area is 260 Å². The molecule has 4 heterocycles. The van der Waals surface area contributed by atoms with Crippen LogP contribution in [0.3, 0.4) is 0 Å². The van der Waals surface area contributed by atoms with Crippen molar-refractivity contribution in [2.45, 2.75) is 69.1 Å². The van der Waals surface area contributed by atoms with Crippen molar-refractivity contribution in [2.24, 2.45) is 0 Å². The first-order valence-corrected chi connectivity index (χ1v) is 15.6. The zero-order valence-corrected chi connectivity index (χ0v) is 24.8. The number of amides is 5. The van der Waals surface area contributed by atoms with Crippen molar-refractivity contribution in [3.8, 4) is 0 Å². The molecule has 0 bridgehead atoms. The minimum Gasteiger partial charge on any atom is -0.380 e. The van der Waals surface area contributed by atoms with Crippen molar-refractivity contribution in [3.63, 3.8) is 0 Å². The van der Waals surface area contributed by atoms with Crippen LogP contribution in [0.15, 0.2) is 60.9 Å². The molecule has 2 aromatic carbocycles. The van der Waals surface area contributed by atoms with Crippen LogP contribution in [0.5, 0.6) is 0 Å². The van der Waals surface area contributed by atoms with Crippen molar-refractivity contribution in [2.75, 3.05) is 23.7 Å². The lowest BCUT2D eigenvalue weighted by molar-refractivity contribution is -0.140. The number of aromatic nitrogens is 2. The molecule has 1 aromatic heterocycles. The second-order valence-electron chi connectivity index (χ2n) is 12.3. The molecule has 2 saturated heterocycles. The number of hydrogen-bond acceptors (Lipinski definition) is 8. The quantitative estimate of drug-likeness (QED) is 0.331. The molecule has 1 saturated carbocycles. The van der Waals surface area contributed by atoms with Crippen LogP contribution in [0.2, 0.25) is 0 Å². The molecule has 0 spiro atoms. The van der Waals surface area contributed by atoms with Gasteiger partial charge in [0.2, 0.25) is 17.7 Å². The first-order chi connectivity index (χ1) is 21.8. The van der Waals surface area contributed by atoms with E-state index < -0.39 is 35.2 Å². The summed E-state index contributed by atoms with van der Waals surface area (Å²) in [6.07, 6.45) is 8.28. The Morgan fingerprint density at radius 3 is 2.44 bits per heavy atom. The van der Waals surface area contributed by atoms with Crippen LogP contribution >= 0.6 is 0 Å². The zero-order valence-electron chi connectivity index (χ0n) is 24.8. The molecule has 45 heavy (non-hydrogen) atoms. The maximum Gasteiger partial charge on any atom is 0.264 e. The maximum absolute atomic E-state index is 13.6. The van der Waals surface area contributed by atoms with Crippen LogP contribution in [0.4, 0.5) is 11.4 Å². The van der Waals surface area contributed by atoms with Gasteiger partial charge in [-0.1, -0.05) is 24.3 Å². The highest BCUT2D eigenvalue weighted by Crippen LogP contribution is 2.38. The van der Waals surface area contributed by atoms with Crippen molar-refractivity contribution in [1.29, 1.82) is 0 Å². The Balaban J connectivity index is 0.965. The maximum atomic E-state index is 13.6. The van der Waals surface area contributed by atoms with Gasteiger partial charge in [-0.15, -0.1) is 0 Å². The van der Waals surface area contributed by atoms with Crippen molar-refractivity contribution >= 4 is 40.9 Å². The SMILES string of the molecule is O=C1CCC(N2C(=O)c3cccc(NCc4cnn(C5CCN(C(=O)C6(Nc7ccccc7)CCC6)CC5)c4)c3C2=O)C(=O)N1. The summed E-state index contributed by atoms with van der Waals surface area (Å²) in [5.41, 5.74) is 2.32. The summed E-state index contributed by atoms with van der Waals surface area (Å²) in [6, 6.07) is 14.1. The number of nitrogens with zero attached hydrogens (tertiary/aromatic N) is 4. The molecule has 1 atom stereocenters. The summed E-state index contributed by atoms with van der Waals surface area (Å²) in [6.45, 7) is 1.72. The van der Waals surface area contributed by atoms with Gasteiger partial charge in [0.25, 0.3) is 11.8 Å². The van der Waals surface area contributed by atoms with Gasteiger partial charge in [-0.3, -0.25) is 38.9 Å². The number of carbonyl (C=O) groups is 5. The number of imide groups is 2. The van der Waals surface area contributed by atoms with Crippen LogP contribution in [-0.2, 0) is 20.9 Å². The van der Waals surface area contributed by atoms with E-state index in [1.807, 2.05) is 46.1 Å². The molecule has 3 aromatic rings. The van der Waals surface area contributed by atoms with Gasteiger partial charge in [-0.25, -0.2) is 0 Å². The Bertz CT molecular complexity index is 1670. The van der Waals surface area contributed by atoms with Gasteiger partial charge in [0, 0.05) is 49.2 Å². The molecule has 232 valence electrons. The van der Waals surface area contributed by atoms with Crippen molar-refractivity contribution in [1.82, 2.24) is 24.9 Å². The Hall–Kier alpha value is -5.00. The number of benzene rings is 2. The van der Waals surface area contributed by atoms with E-state index in [2.05, 4.69) is 21.0 Å². The lowest BCUT2D eigenvalue weighted by Gasteiger charge is -2.46. The van der Waals surface area contributed by atoms with E-state index in [0.29, 0.717) is 25.3 Å². The summed E-state index contributed by atoms with van der Waals surface area (Å²) in [7, 11) is 0. The Kier molecular flexibility index (Phi) is 7.34. The number of fused-ring (bicyclic) bond motifs is 1. The van der Waals surface area contributed by atoms with Gasteiger partial charge >= 0.3 is 0 Å². The third kappa shape index (κ3) is 5.23. The van der Waals surface area contributed by atoms with Crippen LogP contribution in [0, 0.1) is 0 Å². The Morgan fingerprint density at radius 2 is 1.73 bits per heavy atom. The second kappa shape index (κ2) is 11.5. The standard InChI is InChI=1S/C33H35N7O5/c41-27-11-10-26(29(42)36-27)40-30(43)24-8-4-9-25(28(24)31(40)44)34-18-21-19-35-39(20-21)23-12-16-38(17-13-23)32(45)33(14-5-15-33)37-22-6-2-1-3-7-22/h1-4,6-9,19-20,23,26,34,37H,5,10-18H2,(H,36,41,42). The number of anilines is 2. The molecular weight excluding hydrogens is 574 g/mol. The van der Waals surface area contributed by atoms with Crippen molar-refractivity contribution in [3.05, 3.63) is 77.6 Å². The van der Waals surface area contributed by atoms with Crippen LogP contribution in [0.1, 0.15) is 77.3 Å². The third-order valence-electron chi connectivity index (χ3n) is 9.51. The first-order valence-electron chi connectivity index (χ1n) is 15.6. The van der Waals surface area contributed by atoms with Crippen LogP contribution in [0.25, 0.3) is 0 Å². The average molecular weight is 610 g/mol. The van der Waals surface area contributed by atoms with Crippen molar-refractivity contribution < 1.29 is 24.0 Å². The monoisotopic (exact) mass is 609 g/mol. The van der Waals surface area contributed by atoms with E-state index in [1.54, 1.807) is 24.4 Å². The van der Waals surface area contributed by atoms with Crippen LogP contribution in [-0.4, -0.2) is 73.8 Å². The first kappa shape index (κ1) is 28.8. The van der Waals surface area contributed by atoms with Gasteiger partial charge in [0.1, 0.15) is 11.6 Å². The van der Waals surface area contributed by atoms with E-state index in [4.69, 9.17) is 0 Å². The summed E-state index contributed by atoms with van der Waals surface area (Å²) < 4.78 is 1.95. The molecule has 1 aliphatic carbocycles. The molecule has 3 fully saturated rings. The molecule has 3 N–H and O–H groups in total. The van der Waals surface area contributed by atoms with E-state index in [-0.39, 0.29) is 35.9 Å². The number of carbonyl (C=O) groups excluding carboxylic acids is 5. The normalized spacial score (nSPS) is 21.3. The highest BCUT2D eigenvalue weighted by molar-refractivity contribution is 6.25. The second-order valence-corrected chi connectivity index (χ2v) is 12.3.